The number of nitrogens with one attached hydrogen (secondary N) is 2. The van der Waals surface area contributed by atoms with E-state index in [4.69, 9.17) is 0 Å². The third-order valence-corrected chi connectivity index (χ3v) is 9.77. The third kappa shape index (κ3) is 7.45. The number of aryl methyl sites for hydroxylation is 1. The molecule has 8 nitrogen and oxygen atoms in total. The molecule has 9 heteroatoms. The van der Waals surface area contributed by atoms with Crippen LogP contribution in [0.15, 0.2) is 66.7 Å². The van der Waals surface area contributed by atoms with Crippen molar-refractivity contribution in [3.63, 3.8) is 0 Å². The molecule has 0 radical (unpaired) electrons. The Morgan fingerprint density at radius 2 is 1.68 bits per heavy atom. The number of aliphatic hydroxyl groups excluding tert-OH is 1. The van der Waals surface area contributed by atoms with Crippen molar-refractivity contribution in [2.45, 2.75) is 83.4 Å². The molecule has 4 N–H and O–H groups in total. The molecule has 0 bridgehead atoms. The normalized spacial score (nSPS) is 17.3. The van der Waals surface area contributed by atoms with Crippen LogP contribution in [0.4, 0.5) is 0 Å². The average molecular weight is 618 g/mol. The molecule has 3 aromatic carbocycles. The molecule has 3 atom stereocenters. The van der Waals surface area contributed by atoms with Gasteiger partial charge in [0.2, 0.25) is 5.91 Å². The lowest BCUT2D eigenvalue weighted by Gasteiger charge is -2.33. The van der Waals surface area contributed by atoms with Gasteiger partial charge < -0.3 is 25.7 Å². The van der Waals surface area contributed by atoms with E-state index in [1.165, 1.54) is 22.7 Å². The number of hydrogen-bond acceptors (Lipinski definition) is 6. The molecule has 1 unspecified atom stereocenters. The first kappa shape index (κ1) is 33.1. The van der Waals surface area contributed by atoms with E-state index < -0.39 is 34.7 Å². The van der Waals surface area contributed by atoms with E-state index in [-0.39, 0.29) is 29.5 Å². The number of aliphatic hydroxyl groups is 1. The second-order valence-corrected chi connectivity index (χ2v) is 13.9. The molecule has 234 valence electrons. The highest BCUT2D eigenvalue weighted by molar-refractivity contribution is 8.00. The molecule has 0 aliphatic carbocycles. The minimum atomic E-state index is -1.62. The predicted octanol–water partition coefficient (Wildman–Crippen LogP) is 4.83. The van der Waals surface area contributed by atoms with Crippen LogP contribution in [0.5, 0.6) is 5.75 Å². The van der Waals surface area contributed by atoms with Crippen molar-refractivity contribution >= 4 is 29.5 Å². The highest BCUT2D eigenvalue weighted by Gasteiger charge is 2.49. The highest BCUT2D eigenvalue weighted by Crippen LogP contribution is 2.40. The van der Waals surface area contributed by atoms with Crippen LogP contribution in [0.1, 0.15) is 71.8 Å². The minimum absolute atomic E-state index is 0.0222. The Balaban J connectivity index is 1.58. The molecular weight excluding hydrogens is 574 g/mol. The van der Waals surface area contributed by atoms with E-state index in [0.29, 0.717) is 18.0 Å². The lowest BCUT2D eigenvalue weighted by Crippen LogP contribution is -2.58. The number of hydrogen-bond donors (Lipinski definition) is 4. The van der Waals surface area contributed by atoms with Gasteiger partial charge in [-0.05, 0) is 74.4 Å². The topological polar surface area (TPSA) is 119 Å². The van der Waals surface area contributed by atoms with E-state index in [2.05, 4.69) is 24.5 Å². The average Bonchev–Trinajstić information content (AvgIpc) is 3.31. The summed E-state index contributed by atoms with van der Waals surface area (Å²) in [5.41, 5.74) is 4.67. The summed E-state index contributed by atoms with van der Waals surface area (Å²) in [4.78, 5) is 42.4. The van der Waals surface area contributed by atoms with Crippen molar-refractivity contribution in [3.8, 4) is 5.75 Å². The monoisotopic (exact) mass is 617 g/mol. The van der Waals surface area contributed by atoms with E-state index in [9.17, 15) is 24.6 Å². The van der Waals surface area contributed by atoms with Gasteiger partial charge in [-0.15, -0.1) is 11.8 Å². The van der Waals surface area contributed by atoms with E-state index in [1.807, 2.05) is 69.3 Å². The van der Waals surface area contributed by atoms with Crippen LogP contribution >= 0.6 is 11.8 Å². The minimum Gasteiger partial charge on any atom is -0.508 e. The molecule has 3 aromatic rings. The van der Waals surface area contributed by atoms with Crippen LogP contribution in [0.3, 0.4) is 0 Å². The maximum Gasteiger partial charge on any atom is 0.254 e. The summed E-state index contributed by atoms with van der Waals surface area (Å²) in [6.07, 6.45) is -1.44. The van der Waals surface area contributed by atoms with E-state index >= 15 is 0 Å². The second-order valence-electron chi connectivity index (χ2n) is 12.3. The maximum absolute atomic E-state index is 14.0. The quantitative estimate of drug-likeness (QED) is 0.259. The molecule has 0 aromatic heterocycles. The van der Waals surface area contributed by atoms with Crippen molar-refractivity contribution in [3.05, 3.63) is 100 Å². The molecule has 44 heavy (non-hydrogen) atoms. The summed E-state index contributed by atoms with van der Waals surface area (Å²) in [6, 6.07) is 18.5. The Morgan fingerprint density at radius 1 is 1.00 bits per heavy atom. The fourth-order valence-electron chi connectivity index (χ4n) is 5.49. The maximum atomic E-state index is 14.0. The van der Waals surface area contributed by atoms with Crippen molar-refractivity contribution in [2.75, 3.05) is 5.88 Å². The lowest BCUT2D eigenvalue weighted by molar-refractivity contribution is -0.147. The third-order valence-electron chi connectivity index (χ3n) is 8.39. The molecule has 0 spiro atoms. The van der Waals surface area contributed by atoms with E-state index in [1.54, 1.807) is 19.1 Å². The fraction of sp³-hybridized carbons (Fsp3) is 0.400. The molecule has 4 rings (SSSR count). The zero-order chi connectivity index (χ0) is 32.2. The second kappa shape index (κ2) is 13.9. The van der Waals surface area contributed by atoms with Crippen molar-refractivity contribution < 1.29 is 24.6 Å². The number of carbonyl (C=O) groups excluding carboxylic acids is 3. The molecular formula is C35H43N3O5S. The number of amides is 3. The zero-order valence-electron chi connectivity index (χ0n) is 26.3. The van der Waals surface area contributed by atoms with Crippen LogP contribution < -0.4 is 10.6 Å². The summed E-state index contributed by atoms with van der Waals surface area (Å²) in [5, 5.41) is 27.6. The lowest BCUT2D eigenvalue weighted by atomic mass is 9.95. The number of aromatic hydroxyl groups is 1. The van der Waals surface area contributed by atoms with Crippen LogP contribution in [0, 0.1) is 13.8 Å². The standard InChI is InChI=1S/C35H43N3O5S/c1-21(2)25-16-14-24(15-17-25)18-28(37-32(41)27-12-9-13-29(39)23(27)4)30(40)34(43)38-20-44-35(5,6)31(38)33(42)36-19-26-11-8-7-10-22(26)3/h7-17,21,28,30-31,39-40H,18-20H2,1-6H3,(H,36,42)(H,37,41)/t28-,30-,31?/m0/s1. The largest absolute Gasteiger partial charge is 0.508 e. The Hall–Kier alpha value is -3.82. The number of carbonyl (C=O) groups is 3. The Labute approximate surface area is 264 Å². The summed E-state index contributed by atoms with van der Waals surface area (Å²) >= 11 is 1.47. The van der Waals surface area contributed by atoms with Crippen LogP contribution in [0.2, 0.25) is 0 Å². The van der Waals surface area contributed by atoms with Gasteiger partial charge >= 0.3 is 0 Å². The molecule has 1 heterocycles. The zero-order valence-corrected chi connectivity index (χ0v) is 27.1. The number of thioether (sulfide) groups is 1. The Bertz CT molecular complexity index is 1500. The Kier molecular flexibility index (Phi) is 10.4. The fourth-order valence-corrected chi connectivity index (χ4v) is 6.63. The summed E-state index contributed by atoms with van der Waals surface area (Å²) in [6.45, 7) is 12.0. The first-order valence-corrected chi connectivity index (χ1v) is 15.9. The van der Waals surface area contributed by atoms with Crippen LogP contribution in [0.25, 0.3) is 0 Å². The van der Waals surface area contributed by atoms with Crippen molar-refractivity contribution in [1.29, 1.82) is 0 Å². The van der Waals surface area contributed by atoms with Crippen molar-refractivity contribution in [1.82, 2.24) is 15.5 Å². The van der Waals surface area contributed by atoms with Crippen LogP contribution in [-0.4, -0.2) is 61.6 Å². The van der Waals surface area contributed by atoms with Gasteiger partial charge in [-0.3, -0.25) is 14.4 Å². The summed E-state index contributed by atoms with van der Waals surface area (Å²) < 4.78 is -0.602. The first-order chi connectivity index (χ1) is 20.8. The summed E-state index contributed by atoms with van der Waals surface area (Å²) in [7, 11) is 0. The van der Waals surface area contributed by atoms with Gasteiger partial charge in [-0.2, -0.15) is 0 Å². The molecule has 1 saturated heterocycles. The van der Waals surface area contributed by atoms with Crippen molar-refractivity contribution in [2.24, 2.45) is 0 Å². The predicted molar refractivity (Wildman–Crippen MR) is 175 cm³/mol. The summed E-state index contributed by atoms with van der Waals surface area (Å²) in [5.74, 6) is -0.908. The first-order valence-electron chi connectivity index (χ1n) is 14.9. The number of benzene rings is 3. The van der Waals surface area contributed by atoms with Crippen LogP contribution in [-0.2, 0) is 22.6 Å². The van der Waals surface area contributed by atoms with Gasteiger partial charge in [0.1, 0.15) is 11.8 Å². The van der Waals surface area contributed by atoms with Gasteiger partial charge in [0, 0.05) is 22.4 Å². The molecule has 0 saturated carbocycles. The number of nitrogens with zero attached hydrogens (tertiary/aromatic N) is 1. The molecule has 1 aliphatic heterocycles. The van der Waals surface area contributed by atoms with Gasteiger partial charge in [0.15, 0.2) is 6.10 Å². The highest BCUT2D eigenvalue weighted by atomic mass is 32.2. The number of rotatable bonds is 10. The smallest absolute Gasteiger partial charge is 0.254 e. The number of phenolic OH excluding ortho intramolecular Hbond substituents is 1. The Morgan fingerprint density at radius 3 is 2.34 bits per heavy atom. The van der Waals surface area contributed by atoms with Gasteiger partial charge in [-0.1, -0.05) is 68.4 Å². The molecule has 3 amide bonds. The SMILES string of the molecule is Cc1ccccc1CNC(=O)C1N(C(=O)[C@@H](O)[C@H](Cc2ccc(C(C)C)cc2)NC(=O)c2cccc(O)c2C)CSC1(C)C. The molecule has 1 aliphatic rings. The van der Waals surface area contributed by atoms with E-state index in [0.717, 1.165) is 22.3 Å². The van der Waals surface area contributed by atoms with Gasteiger partial charge in [0.25, 0.3) is 11.8 Å². The van der Waals surface area contributed by atoms with Gasteiger partial charge in [-0.25, -0.2) is 0 Å². The molecule has 1 fully saturated rings. The van der Waals surface area contributed by atoms with Gasteiger partial charge in [0.05, 0.1) is 11.9 Å². The number of phenols is 1.